The Bertz CT molecular complexity index is 253. The fraction of sp³-hybridized carbons (Fsp3) is 0.909. The van der Waals surface area contributed by atoms with Crippen LogP contribution in [0.25, 0.3) is 0 Å². The first-order valence-electron chi connectivity index (χ1n) is 6.16. The molecule has 0 atom stereocenters. The van der Waals surface area contributed by atoms with Crippen molar-refractivity contribution in [1.82, 2.24) is 10.6 Å². The van der Waals surface area contributed by atoms with Gasteiger partial charge in [-0.05, 0) is 12.8 Å². The summed E-state index contributed by atoms with van der Waals surface area (Å²) in [6, 6.07) is -0.146. The largest absolute Gasteiger partial charge is 0.411 e. The van der Waals surface area contributed by atoms with Gasteiger partial charge in [0.1, 0.15) is 6.61 Å². The summed E-state index contributed by atoms with van der Waals surface area (Å²) in [4.78, 5) is 11.4. The van der Waals surface area contributed by atoms with Gasteiger partial charge in [-0.2, -0.15) is 13.2 Å². The molecule has 1 saturated carbocycles. The third-order valence-corrected chi connectivity index (χ3v) is 2.74. The Morgan fingerprint density at radius 3 is 2.50 bits per heavy atom. The van der Waals surface area contributed by atoms with Gasteiger partial charge in [0, 0.05) is 12.6 Å². The molecule has 1 rings (SSSR count). The molecule has 2 amide bonds. The van der Waals surface area contributed by atoms with Gasteiger partial charge in [-0.25, -0.2) is 4.79 Å². The van der Waals surface area contributed by atoms with Crippen molar-refractivity contribution in [2.75, 3.05) is 19.8 Å². The fourth-order valence-corrected chi connectivity index (χ4v) is 1.91. The number of ether oxygens (including phenoxy) is 1. The van der Waals surface area contributed by atoms with Crippen LogP contribution in [0.5, 0.6) is 0 Å². The highest BCUT2D eigenvalue weighted by molar-refractivity contribution is 5.74. The Kier molecular flexibility index (Phi) is 6.24. The fourth-order valence-electron chi connectivity index (χ4n) is 1.91. The monoisotopic (exact) mass is 268 g/mol. The molecule has 7 heteroatoms. The Hall–Kier alpha value is -0.980. The number of amides is 2. The summed E-state index contributed by atoms with van der Waals surface area (Å²) in [5.74, 6) is 0. The van der Waals surface area contributed by atoms with E-state index < -0.39 is 12.8 Å². The number of rotatable bonds is 5. The zero-order valence-electron chi connectivity index (χ0n) is 10.2. The Morgan fingerprint density at radius 1 is 1.22 bits per heavy atom. The highest BCUT2D eigenvalue weighted by atomic mass is 19.4. The molecule has 1 aliphatic carbocycles. The van der Waals surface area contributed by atoms with Gasteiger partial charge < -0.3 is 15.4 Å². The SMILES string of the molecule is O=C(NCCOCC(F)(F)F)NC1CCCCC1. The van der Waals surface area contributed by atoms with Gasteiger partial charge in [0.25, 0.3) is 0 Å². The van der Waals surface area contributed by atoms with Crippen LogP contribution in [0.1, 0.15) is 32.1 Å². The van der Waals surface area contributed by atoms with Gasteiger partial charge in [-0.3, -0.25) is 0 Å². The first kappa shape index (κ1) is 15.1. The quantitative estimate of drug-likeness (QED) is 0.751. The van der Waals surface area contributed by atoms with Crippen molar-refractivity contribution in [2.24, 2.45) is 0 Å². The van der Waals surface area contributed by atoms with Crippen molar-refractivity contribution >= 4 is 6.03 Å². The lowest BCUT2D eigenvalue weighted by Gasteiger charge is -2.22. The number of urea groups is 1. The van der Waals surface area contributed by atoms with Crippen LogP contribution in [0.3, 0.4) is 0 Å². The number of carbonyl (C=O) groups excluding carboxylic acids is 1. The third kappa shape index (κ3) is 7.37. The minimum atomic E-state index is -4.32. The van der Waals surface area contributed by atoms with E-state index in [9.17, 15) is 18.0 Å². The molecular formula is C11H19F3N2O2. The lowest BCUT2D eigenvalue weighted by molar-refractivity contribution is -0.173. The minimum absolute atomic E-state index is 0.0780. The predicted molar refractivity (Wildman–Crippen MR) is 60.3 cm³/mol. The minimum Gasteiger partial charge on any atom is -0.370 e. The van der Waals surface area contributed by atoms with Crippen LogP contribution in [0.15, 0.2) is 0 Å². The smallest absolute Gasteiger partial charge is 0.370 e. The molecule has 18 heavy (non-hydrogen) atoms. The number of carbonyl (C=O) groups is 1. The van der Waals surface area contributed by atoms with Gasteiger partial charge >= 0.3 is 12.2 Å². The topological polar surface area (TPSA) is 50.4 Å². The molecule has 0 heterocycles. The Labute approximate surface area is 104 Å². The Balaban J connectivity index is 1.99. The molecule has 4 nitrogen and oxygen atoms in total. The van der Waals surface area contributed by atoms with E-state index in [0.29, 0.717) is 0 Å². The first-order chi connectivity index (χ1) is 8.47. The standard InChI is InChI=1S/C11H19F3N2O2/c12-11(13,14)8-18-7-6-15-10(17)16-9-4-2-1-3-5-9/h9H,1-8H2,(H2,15,16,17). The van der Waals surface area contributed by atoms with E-state index in [-0.39, 0.29) is 25.2 Å². The molecule has 0 radical (unpaired) electrons. The van der Waals surface area contributed by atoms with Crippen LogP contribution in [0, 0.1) is 0 Å². The molecule has 0 unspecified atom stereocenters. The van der Waals surface area contributed by atoms with Gasteiger partial charge in [-0.1, -0.05) is 19.3 Å². The van der Waals surface area contributed by atoms with Crippen LogP contribution in [0.4, 0.5) is 18.0 Å². The maximum atomic E-state index is 11.7. The number of halogens is 3. The summed E-state index contributed by atoms with van der Waals surface area (Å²) in [6.45, 7) is -1.34. The predicted octanol–water partition coefficient (Wildman–Crippen LogP) is 2.20. The molecule has 0 aromatic rings. The first-order valence-corrected chi connectivity index (χ1v) is 6.16. The van der Waals surface area contributed by atoms with Gasteiger partial charge in [0.2, 0.25) is 0 Å². The van der Waals surface area contributed by atoms with Crippen LogP contribution in [0.2, 0.25) is 0 Å². The number of hydrogen-bond acceptors (Lipinski definition) is 2. The van der Waals surface area contributed by atoms with Gasteiger partial charge in [0.15, 0.2) is 0 Å². The van der Waals surface area contributed by atoms with Crippen LogP contribution < -0.4 is 10.6 Å². The van der Waals surface area contributed by atoms with E-state index in [1.807, 2.05) is 0 Å². The molecule has 0 saturated heterocycles. The van der Waals surface area contributed by atoms with Crippen LogP contribution >= 0.6 is 0 Å². The second-order valence-corrected chi connectivity index (χ2v) is 4.40. The Morgan fingerprint density at radius 2 is 1.89 bits per heavy atom. The molecule has 106 valence electrons. The molecule has 0 aromatic heterocycles. The molecule has 0 bridgehead atoms. The van der Waals surface area contributed by atoms with E-state index in [4.69, 9.17) is 0 Å². The summed E-state index contributed by atoms with van der Waals surface area (Å²) in [5, 5.41) is 5.27. The molecule has 0 aromatic carbocycles. The number of hydrogen-bond donors (Lipinski definition) is 2. The molecule has 0 aliphatic heterocycles. The van der Waals surface area contributed by atoms with Crippen molar-refractivity contribution < 1.29 is 22.7 Å². The molecule has 2 N–H and O–H groups in total. The van der Waals surface area contributed by atoms with Crippen molar-refractivity contribution in [2.45, 2.75) is 44.3 Å². The lowest BCUT2D eigenvalue weighted by Crippen LogP contribution is -2.43. The second-order valence-electron chi connectivity index (χ2n) is 4.40. The lowest BCUT2D eigenvalue weighted by atomic mass is 9.96. The maximum absolute atomic E-state index is 11.7. The van der Waals surface area contributed by atoms with Crippen molar-refractivity contribution in [1.29, 1.82) is 0 Å². The highest BCUT2D eigenvalue weighted by Gasteiger charge is 2.27. The summed E-state index contributed by atoms with van der Waals surface area (Å²) >= 11 is 0. The van der Waals surface area contributed by atoms with E-state index in [1.54, 1.807) is 0 Å². The molecule has 0 spiro atoms. The summed E-state index contributed by atoms with van der Waals surface area (Å²) in [6.07, 6.45) is 1.05. The van der Waals surface area contributed by atoms with Crippen molar-refractivity contribution in [3.63, 3.8) is 0 Å². The van der Waals surface area contributed by atoms with Gasteiger partial charge in [0.05, 0.1) is 6.61 Å². The average molecular weight is 268 g/mol. The van der Waals surface area contributed by atoms with Crippen molar-refractivity contribution in [3.05, 3.63) is 0 Å². The zero-order valence-corrected chi connectivity index (χ0v) is 10.2. The summed E-state index contributed by atoms with van der Waals surface area (Å²) in [7, 11) is 0. The second kappa shape index (κ2) is 7.45. The number of nitrogens with one attached hydrogen (secondary N) is 2. The van der Waals surface area contributed by atoms with Crippen molar-refractivity contribution in [3.8, 4) is 0 Å². The maximum Gasteiger partial charge on any atom is 0.411 e. The average Bonchev–Trinajstić information content (AvgIpc) is 2.28. The zero-order chi connectivity index (χ0) is 13.4. The van der Waals surface area contributed by atoms with E-state index >= 15 is 0 Å². The number of alkyl halides is 3. The normalized spacial score (nSPS) is 17.5. The molecule has 1 fully saturated rings. The van der Waals surface area contributed by atoms with Crippen LogP contribution in [-0.4, -0.2) is 38.0 Å². The van der Waals surface area contributed by atoms with E-state index in [0.717, 1.165) is 25.7 Å². The van der Waals surface area contributed by atoms with Crippen LogP contribution in [-0.2, 0) is 4.74 Å². The van der Waals surface area contributed by atoms with E-state index in [1.165, 1.54) is 6.42 Å². The molecular weight excluding hydrogens is 249 g/mol. The molecule has 1 aliphatic rings. The summed E-state index contributed by atoms with van der Waals surface area (Å²) < 4.78 is 39.5. The summed E-state index contributed by atoms with van der Waals surface area (Å²) in [5.41, 5.74) is 0. The van der Waals surface area contributed by atoms with E-state index in [2.05, 4.69) is 15.4 Å². The third-order valence-electron chi connectivity index (χ3n) is 2.74. The van der Waals surface area contributed by atoms with Gasteiger partial charge in [-0.15, -0.1) is 0 Å². The highest BCUT2D eigenvalue weighted by Crippen LogP contribution is 2.17.